The Hall–Kier alpha value is -1.20. The zero-order valence-corrected chi connectivity index (χ0v) is 7.49. The van der Waals surface area contributed by atoms with Crippen LogP contribution in [0.5, 0.6) is 5.75 Å². The second-order valence-electron chi connectivity index (χ2n) is 2.76. The monoisotopic (exact) mass is 202 g/mol. The number of nitrogens with two attached hydrogens (primary N) is 2. The topological polar surface area (TPSA) is 61.3 Å². The summed E-state index contributed by atoms with van der Waals surface area (Å²) in [5.41, 5.74) is 11.5. The summed E-state index contributed by atoms with van der Waals surface area (Å²) in [6.07, 6.45) is 0. The lowest BCUT2D eigenvalue weighted by Gasteiger charge is -2.14. The Balaban J connectivity index is 2.91. The van der Waals surface area contributed by atoms with E-state index in [-0.39, 0.29) is 12.3 Å². The van der Waals surface area contributed by atoms with Crippen molar-refractivity contribution in [1.29, 1.82) is 0 Å². The van der Waals surface area contributed by atoms with E-state index in [1.54, 1.807) is 18.2 Å². The highest BCUT2D eigenvalue weighted by atomic mass is 19.3. The lowest BCUT2D eigenvalue weighted by atomic mass is 10.1. The van der Waals surface area contributed by atoms with Gasteiger partial charge in [0.25, 0.3) is 0 Å². The molecule has 0 spiro atoms. The Morgan fingerprint density at radius 3 is 2.50 bits per heavy atom. The molecule has 0 amide bonds. The summed E-state index contributed by atoms with van der Waals surface area (Å²) in [5.74, 6) is 0.0838. The molecule has 0 unspecified atom stereocenters. The molecule has 0 aromatic heterocycles. The summed E-state index contributed by atoms with van der Waals surface area (Å²) in [5, 5.41) is 0. The molecule has 0 aliphatic rings. The van der Waals surface area contributed by atoms with Crippen molar-refractivity contribution in [1.82, 2.24) is 0 Å². The fourth-order valence-corrected chi connectivity index (χ4v) is 1.12. The maximum atomic E-state index is 12.0. The van der Waals surface area contributed by atoms with E-state index in [4.69, 9.17) is 11.5 Å². The predicted octanol–water partition coefficient (Wildman–Crippen LogP) is 1.25. The van der Waals surface area contributed by atoms with Crippen molar-refractivity contribution in [3.8, 4) is 5.75 Å². The van der Waals surface area contributed by atoms with Crippen LogP contribution in [0.1, 0.15) is 11.6 Å². The van der Waals surface area contributed by atoms with E-state index in [0.29, 0.717) is 5.56 Å². The summed E-state index contributed by atoms with van der Waals surface area (Å²) in [4.78, 5) is 0. The summed E-state index contributed by atoms with van der Waals surface area (Å²) >= 11 is 0. The van der Waals surface area contributed by atoms with E-state index in [1.165, 1.54) is 6.07 Å². The van der Waals surface area contributed by atoms with Crippen LogP contribution in [0.15, 0.2) is 24.3 Å². The standard InChI is InChI=1S/C9H12F2N2O/c10-9(11)14-8-4-2-1-3-6(8)7(13)5-12/h1-4,7,9H,5,12-13H2/t7-/m1/s1. The molecule has 0 bridgehead atoms. The van der Waals surface area contributed by atoms with Crippen LogP contribution in [0.2, 0.25) is 0 Å². The molecule has 1 atom stereocenters. The zero-order valence-electron chi connectivity index (χ0n) is 7.49. The smallest absolute Gasteiger partial charge is 0.387 e. The molecule has 5 heteroatoms. The van der Waals surface area contributed by atoms with Crippen molar-refractivity contribution < 1.29 is 13.5 Å². The highest BCUT2D eigenvalue weighted by molar-refractivity contribution is 5.35. The van der Waals surface area contributed by atoms with Gasteiger partial charge < -0.3 is 16.2 Å². The number of hydrogen-bond acceptors (Lipinski definition) is 3. The first-order chi connectivity index (χ1) is 6.65. The van der Waals surface area contributed by atoms with Crippen LogP contribution >= 0.6 is 0 Å². The van der Waals surface area contributed by atoms with Gasteiger partial charge in [-0.15, -0.1) is 0 Å². The largest absolute Gasteiger partial charge is 0.434 e. The van der Waals surface area contributed by atoms with Crippen LogP contribution in [-0.4, -0.2) is 13.2 Å². The van der Waals surface area contributed by atoms with Crippen LogP contribution in [0.25, 0.3) is 0 Å². The second-order valence-corrected chi connectivity index (χ2v) is 2.76. The lowest BCUT2D eigenvalue weighted by molar-refractivity contribution is -0.0506. The van der Waals surface area contributed by atoms with E-state index in [2.05, 4.69) is 4.74 Å². The van der Waals surface area contributed by atoms with Gasteiger partial charge in [0.1, 0.15) is 5.75 Å². The summed E-state index contributed by atoms with van der Waals surface area (Å²) < 4.78 is 28.2. The Morgan fingerprint density at radius 2 is 1.93 bits per heavy atom. The quantitative estimate of drug-likeness (QED) is 0.772. The number of alkyl halides is 2. The fraction of sp³-hybridized carbons (Fsp3) is 0.333. The van der Waals surface area contributed by atoms with Crippen LogP contribution < -0.4 is 16.2 Å². The first-order valence-electron chi connectivity index (χ1n) is 4.14. The van der Waals surface area contributed by atoms with E-state index in [0.717, 1.165) is 0 Å². The molecule has 3 nitrogen and oxygen atoms in total. The van der Waals surface area contributed by atoms with E-state index in [1.807, 2.05) is 0 Å². The fourth-order valence-electron chi connectivity index (χ4n) is 1.12. The molecule has 78 valence electrons. The first kappa shape index (κ1) is 10.9. The molecule has 0 radical (unpaired) electrons. The number of halogens is 2. The molecule has 0 saturated carbocycles. The van der Waals surface area contributed by atoms with Gasteiger partial charge >= 0.3 is 6.61 Å². The van der Waals surface area contributed by atoms with Crippen LogP contribution in [-0.2, 0) is 0 Å². The molecule has 0 saturated heterocycles. The molecule has 0 aliphatic heterocycles. The molecule has 1 aromatic carbocycles. The third-order valence-corrected chi connectivity index (χ3v) is 1.79. The van der Waals surface area contributed by atoms with E-state index in [9.17, 15) is 8.78 Å². The van der Waals surface area contributed by atoms with E-state index < -0.39 is 12.7 Å². The molecule has 14 heavy (non-hydrogen) atoms. The summed E-state index contributed by atoms with van der Waals surface area (Å²) in [6.45, 7) is -2.66. The number of ether oxygens (including phenoxy) is 1. The minimum atomic E-state index is -2.85. The average Bonchev–Trinajstić information content (AvgIpc) is 2.16. The van der Waals surface area contributed by atoms with Crippen LogP contribution in [0, 0.1) is 0 Å². The van der Waals surface area contributed by atoms with Crippen molar-refractivity contribution >= 4 is 0 Å². The maximum Gasteiger partial charge on any atom is 0.387 e. The minimum Gasteiger partial charge on any atom is -0.434 e. The zero-order chi connectivity index (χ0) is 10.6. The SMILES string of the molecule is NC[C@@H](N)c1ccccc1OC(F)F. The third kappa shape index (κ3) is 2.65. The molecule has 0 heterocycles. The van der Waals surface area contributed by atoms with Gasteiger partial charge in [-0.1, -0.05) is 18.2 Å². The van der Waals surface area contributed by atoms with Gasteiger partial charge in [0.2, 0.25) is 0 Å². The van der Waals surface area contributed by atoms with Gasteiger partial charge in [-0.2, -0.15) is 8.78 Å². The Labute approximate surface area is 80.7 Å². The summed E-state index contributed by atoms with van der Waals surface area (Å²) in [7, 11) is 0. The number of benzene rings is 1. The predicted molar refractivity (Wildman–Crippen MR) is 49.1 cm³/mol. The highest BCUT2D eigenvalue weighted by Gasteiger charge is 2.13. The Bertz CT molecular complexity index is 294. The van der Waals surface area contributed by atoms with Crippen molar-refractivity contribution in [2.24, 2.45) is 11.5 Å². The lowest BCUT2D eigenvalue weighted by Crippen LogP contribution is -2.21. The number of para-hydroxylation sites is 1. The Kier molecular flexibility index (Phi) is 3.79. The van der Waals surface area contributed by atoms with Gasteiger partial charge in [-0.3, -0.25) is 0 Å². The number of hydrogen-bond donors (Lipinski definition) is 2. The van der Waals surface area contributed by atoms with Gasteiger partial charge in [-0.25, -0.2) is 0 Å². The second kappa shape index (κ2) is 4.88. The van der Waals surface area contributed by atoms with Crippen molar-refractivity contribution in [3.63, 3.8) is 0 Å². The molecule has 4 N–H and O–H groups in total. The highest BCUT2D eigenvalue weighted by Crippen LogP contribution is 2.24. The molecule has 0 fully saturated rings. The van der Waals surface area contributed by atoms with Gasteiger partial charge in [-0.05, 0) is 6.07 Å². The number of rotatable bonds is 4. The molecule has 0 aliphatic carbocycles. The molecular formula is C9H12F2N2O. The maximum absolute atomic E-state index is 12.0. The average molecular weight is 202 g/mol. The van der Waals surface area contributed by atoms with Crippen LogP contribution in [0.4, 0.5) is 8.78 Å². The molecule has 1 aromatic rings. The van der Waals surface area contributed by atoms with Crippen LogP contribution in [0.3, 0.4) is 0 Å². The normalized spacial score (nSPS) is 12.9. The van der Waals surface area contributed by atoms with E-state index >= 15 is 0 Å². The van der Waals surface area contributed by atoms with Crippen molar-refractivity contribution in [2.45, 2.75) is 12.7 Å². The molecule has 1 rings (SSSR count). The first-order valence-corrected chi connectivity index (χ1v) is 4.14. The minimum absolute atomic E-state index is 0.0838. The van der Waals surface area contributed by atoms with Crippen molar-refractivity contribution in [3.05, 3.63) is 29.8 Å². The van der Waals surface area contributed by atoms with Gasteiger partial charge in [0.05, 0.1) is 0 Å². The summed E-state index contributed by atoms with van der Waals surface area (Å²) in [6, 6.07) is 5.88. The van der Waals surface area contributed by atoms with Gasteiger partial charge in [0, 0.05) is 18.2 Å². The van der Waals surface area contributed by atoms with Gasteiger partial charge in [0.15, 0.2) is 0 Å². The Morgan fingerprint density at radius 1 is 1.29 bits per heavy atom. The van der Waals surface area contributed by atoms with Crippen molar-refractivity contribution in [2.75, 3.05) is 6.54 Å². The third-order valence-electron chi connectivity index (χ3n) is 1.79. The molecular weight excluding hydrogens is 190 g/mol.